The molecule has 0 bridgehead atoms. The zero-order valence-electron chi connectivity index (χ0n) is 15.4. The van der Waals surface area contributed by atoms with Gasteiger partial charge in [0, 0.05) is 23.0 Å². The summed E-state index contributed by atoms with van der Waals surface area (Å²) in [6, 6.07) is 14.8. The molecule has 1 heterocycles. The van der Waals surface area contributed by atoms with Gasteiger partial charge in [0.25, 0.3) is 5.91 Å². The standard InChI is InChI=1S/C22H19N3O4/c26-19-5-1-4-16-17(19)11-18(22(28)29)20(16)25-21(27)13-6-8-14(9-7-13)24-15-3-2-10-23-12-15/h1-10,12,18,20,24,26H,11H2,(H,25,27)(H,28,29)/t18-,20+/m0/s1. The fourth-order valence-corrected chi connectivity index (χ4v) is 3.60. The van der Waals surface area contributed by atoms with E-state index in [1.807, 2.05) is 12.1 Å². The summed E-state index contributed by atoms with van der Waals surface area (Å²) in [5.41, 5.74) is 3.26. The van der Waals surface area contributed by atoms with E-state index >= 15 is 0 Å². The number of aromatic nitrogens is 1. The molecule has 7 nitrogen and oxygen atoms in total. The molecule has 1 aliphatic carbocycles. The molecule has 2 atom stereocenters. The fraction of sp³-hybridized carbons (Fsp3) is 0.136. The minimum atomic E-state index is -1.01. The fourth-order valence-electron chi connectivity index (χ4n) is 3.60. The lowest BCUT2D eigenvalue weighted by Crippen LogP contribution is -2.34. The third-order valence-corrected chi connectivity index (χ3v) is 5.05. The van der Waals surface area contributed by atoms with Gasteiger partial charge in [-0.2, -0.15) is 0 Å². The van der Waals surface area contributed by atoms with Crippen molar-refractivity contribution in [2.75, 3.05) is 5.32 Å². The number of fused-ring (bicyclic) bond motifs is 1. The molecule has 7 heteroatoms. The van der Waals surface area contributed by atoms with E-state index in [4.69, 9.17) is 0 Å². The predicted molar refractivity (Wildman–Crippen MR) is 107 cm³/mol. The Morgan fingerprint density at radius 2 is 1.79 bits per heavy atom. The number of carboxylic acid groups (broad SMARTS) is 1. The molecule has 4 rings (SSSR count). The highest BCUT2D eigenvalue weighted by Gasteiger charge is 2.39. The van der Waals surface area contributed by atoms with Crippen LogP contribution in [-0.2, 0) is 11.2 Å². The molecule has 29 heavy (non-hydrogen) atoms. The summed E-state index contributed by atoms with van der Waals surface area (Å²) in [6.07, 6.45) is 3.56. The number of hydrogen-bond acceptors (Lipinski definition) is 5. The Kier molecular flexibility index (Phi) is 4.87. The number of anilines is 2. The summed E-state index contributed by atoms with van der Waals surface area (Å²) in [4.78, 5) is 28.5. The monoisotopic (exact) mass is 389 g/mol. The van der Waals surface area contributed by atoms with Crippen molar-refractivity contribution in [3.63, 3.8) is 0 Å². The first kappa shape index (κ1) is 18.5. The molecule has 0 radical (unpaired) electrons. The zero-order valence-corrected chi connectivity index (χ0v) is 15.4. The van der Waals surface area contributed by atoms with Crippen molar-refractivity contribution in [3.8, 4) is 5.75 Å². The van der Waals surface area contributed by atoms with E-state index in [9.17, 15) is 19.8 Å². The average molecular weight is 389 g/mol. The van der Waals surface area contributed by atoms with Crippen LogP contribution in [0.15, 0.2) is 67.0 Å². The highest BCUT2D eigenvalue weighted by Crippen LogP contribution is 2.40. The van der Waals surface area contributed by atoms with E-state index in [1.165, 1.54) is 6.07 Å². The van der Waals surface area contributed by atoms with Crippen molar-refractivity contribution < 1.29 is 19.8 Å². The zero-order chi connectivity index (χ0) is 20.4. The van der Waals surface area contributed by atoms with Crippen LogP contribution < -0.4 is 10.6 Å². The van der Waals surface area contributed by atoms with Gasteiger partial charge in [0.2, 0.25) is 0 Å². The largest absolute Gasteiger partial charge is 0.508 e. The average Bonchev–Trinajstić information content (AvgIpc) is 3.09. The number of hydrogen-bond donors (Lipinski definition) is 4. The number of phenols is 1. The molecule has 0 unspecified atom stereocenters. The van der Waals surface area contributed by atoms with E-state index in [-0.39, 0.29) is 18.1 Å². The number of aromatic hydroxyl groups is 1. The maximum atomic E-state index is 12.7. The van der Waals surface area contributed by atoms with Crippen LogP contribution in [0.1, 0.15) is 27.5 Å². The minimum absolute atomic E-state index is 0.0522. The topological polar surface area (TPSA) is 112 Å². The van der Waals surface area contributed by atoms with Gasteiger partial charge < -0.3 is 20.8 Å². The van der Waals surface area contributed by atoms with Crippen molar-refractivity contribution in [1.29, 1.82) is 0 Å². The van der Waals surface area contributed by atoms with Crippen molar-refractivity contribution in [3.05, 3.63) is 83.7 Å². The van der Waals surface area contributed by atoms with E-state index in [0.717, 1.165) is 11.4 Å². The first-order valence-electron chi connectivity index (χ1n) is 9.14. The van der Waals surface area contributed by atoms with Gasteiger partial charge >= 0.3 is 5.97 Å². The quantitative estimate of drug-likeness (QED) is 0.533. The number of benzene rings is 2. The van der Waals surface area contributed by atoms with Crippen LogP contribution in [0, 0.1) is 5.92 Å². The summed E-state index contributed by atoms with van der Waals surface area (Å²) >= 11 is 0. The molecule has 1 aromatic heterocycles. The minimum Gasteiger partial charge on any atom is -0.508 e. The van der Waals surface area contributed by atoms with Crippen LogP contribution in [0.25, 0.3) is 0 Å². The SMILES string of the molecule is O=C(N[C@@H]1c2cccc(O)c2C[C@@H]1C(=O)O)c1ccc(Nc2cccnc2)cc1. The van der Waals surface area contributed by atoms with Gasteiger partial charge in [-0.05, 0) is 54.4 Å². The second kappa shape index (κ2) is 7.63. The van der Waals surface area contributed by atoms with E-state index in [1.54, 1.807) is 48.8 Å². The number of aliphatic carboxylic acids is 1. The Morgan fingerprint density at radius 3 is 2.48 bits per heavy atom. The third-order valence-electron chi connectivity index (χ3n) is 5.05. The second-order valence-electron chi connectivity index (χ2n) is 6.89. The molecule has 0 saturated heterocycles. The highest BCUT2D eigenvalue weighted by atomic mass is 16.4. The molecule has 0 spiro atoms. The second-order valence-corrected chi connectivity index (χ2v) is 6.89. The Morgan fingerprint density at radius 1 is 1.00 bits per heavy atom. The van der Waals surface area contributed by atoms with Gasteiger partial charge in [0.15, 0.2) is 0 Å². The van der Waals surface area contributed by atoms with Gasteiger partial charge in [0.1, 0.15) is 5.75 Å². The van der Waals surface area contributed by atoms with E-state index in [0.29, 0.717) is 16.7 Å². The molecule has 146 valence electrons. The van der Waals surface area contributed by atoms with Crippen molar-refractivity contribution in [2.24, 2.45) is 5.92 Å². The van der Waals surface area contributed by atoms with Crippen molar-refractivity contribution >= 4 is 23.3 Å². The molecule has 2 aromatic carbocycles. The predicted octanol–water partition coefficient (Wildman–Crippen LogP) is 3.26. The van der Waals surface area contributed by atoms with Gasteiger partial charge in [-0.1, -0.05) is 12.1 Å². The highest BCUT2D eigenvalue weighted by molar-refractivity contribution is 5.95. The number of nitrogens with zero attached hydrogens (tertiary/aromatic N) is 1. The number of amides is 1. The summed E-state index contributed by atoms with van der Waals surface area (Å²) in [7, 11) is 0. The number of nitrogens with one attached hydrogen (secondary N) is 2. The molecule has 1 amide bonds. The molecular formula is C22H19N3O4. The maximum absolute atomic E-state index is 12.7. The first-order valence-corrected chi connectivity index (χ1v) is 9.14. The third kappa shape index (κ3) is 3.75. The molecular weight excluding hydrogens is 370 g/mol. The van der Waals surface area contributed by atoms with Gasteiger partial charge in [0.05, 0.1) is 23.8 Å². The Hall–Kier alpha value is -3.87. The number of phenolic OH excluding ortho intramolecular Hbond substituents is 1. The Bertz CT molecular complexity index is 1050. The number of carbonyl (C=O) groups is 2. The molecule has 1 aliphatic rings. The number of carbonyl (C=O) groups excluding carboxylic acids is 1. The van der Waals surface area contributed by atoms with Crippen molar-refractivity contribution in [1.82, 2.24) is 10.3 Å². The number of rotatable bonds is 5. The summed E-state index contributed by atoms with van der Waals surface area (Å²) in [5.74, 6) is -2.16. The lowest BCUT2D eigenvalue weighted by atomic mass is 10.00. The van der Waals surface area contributed by atoms with Gasteiger partial charge in [-0.3, -0.25) is 14.6 Å². The first-order chi connectivity index (χ1) is 14.0. The summed E-state index contributed by atoms with van der Waals surface area (Å²) < 4.78 is 0. The Labute approximate surface area is 167 Å². The lowest BCUT2D eigenvalue weighted by Gasteiger charge is -2.19. The van der Waals surface area contributed by atoms with E-state index in [2.05, 4.69) is 15.6 Å². The van der Waals surface area contributed by atoms with E-state index < -0.39 is 17.9 Å². The Balaban J connectivity index is 1.51. The molecule has 4 N–H and O–H groups in total. The molecule has 0 aliphatic heterocycles. The smallest absolute Gasteiger partial charge is 0.309 e. The lowest BCUT2D eigenvalue weighted by molar-refractivity contribution is -0.142. The van der Waals surface area contributed by atoms with Gasteiger partial charge in [-0.25, -0.2) is 0 Å². The normalized spacial score (nSPS) is 17.4. The van der Waals surface area contributed by atoms with Crippen LogP contribution in [0.4, 0.5) is 11.4 Å². The molecule has 0 fully saturated rings. The summed E-state index contributed by atoms with van der Waals surface area (Å²) in [5, 5.41) is 25.6. The maximum Gasteiger partial charge on any atom is 0.309 e. The van der Waals surface area contributed by atoms with Crippen molar-refractivity contribution in [2.45, 2.75) is 12.5 Å². The summed E-state index contributed by atoms with van der Waals surface area (Å²) in [6.45, 7) is 0. The number of pyridine rings is 1. The molecule has 3 aromatic rings. The van der Waals surface area contributed by atoms with Crippen LogP contribution >= 0.6 is 0 Å². The van der Waals surface area contributed by atoms with Crippen LogP contribution in [0.3, 0.4) is 0 Å². The van der Waals surface area contributed by atoms with Gasteiger partial charge in [-0.15, -0.1) is 0 Å². The van der Waals surface area contributed by atoms with Crippen LogP contribution in [0.5, 0.6) is 5.75 Å². The van der Waals surface area contributed by atoms with Crippen LogP contribution in [0.2, 0.25) is 0 Å². The van der Waals surface area contributed by atoms with Crippen LogP contribution in [-0.4, -0.2) is 27.1 Å². The molecule has 0 saturated carbocycles. The number of carboxylic acids is 1.